The van der Waals surface area contributed by atoms with Gasteiger partial charge >= 0.3 is 0 Å². The second-order valence-electron chi connectivity index (χ2n) is 2.45. The Kier molecular flexibility index (Phi) is 0.893. The Bertz CT molecular complexity index is 518. The van der Waals surface area contributed by atoms with Crippen molar-refractivity contribution in [2.24, 2.45) is 0 Å². The maximum atomic E-state index is 9.25. The minimum atomic E-state index is -2.86. The maximum absolute atomic E-state index is 9.25. The summed E-state index contributed by atoms with van der Waals surface area (Å²) in [6, 6.07) is 4.77. The maximum Gasteiger partial charge on any atom is 0.115 e. The van der Waals surface area contributed by atoms with Crippen molar-refractivity contribution in [2.45, 2.75) is 0 Å². The van der Waals surface area contributed by atoms with E-state index in [4.69, 9.17) is 11.0 Å². The summed E-state index contributed by atoms with van der Waals surface area (Å²) in [5, 5.41) is 11.0. The third-order valence-electron chi connectivity index (χ3n) is 1.57. The SMILES string of the molecule is [2H]C1([2H])NC([2H])([2H])C([2H])([2H])N(c2ccc(O)cc2)C1([2H])[2H]. The molecule has 1 aromatic rings. The summed E-state index contributed by atoms with van der Waals surface area (Å²) in [6.07, 6.45) is 0. The zero-order valence-corrected chi connectivity index (χ0v) is 6.70. The van der Waals surface area contributed by atoms with Crippen molar-refractivity contribution in [1.29, 1.82) is 0 Å². The fraction of sp³-hybridized carbons (Fsp3) is 0.400. The van der Waals surface area contributed by atoms with Crippen molar-refractivity contribution in [3.8, 4) is 5.75 Å². The first-order valence-electron chi connectivity index (χ1n) is 7.72. The van der Waals surface area contributed by atoms with Crippen molar-refractivity contribution < 1.29 is 16.1 Å². The Hall–Kier alpha value is -1.22. The topological polar surface area (TPSA) is 35.5 Å². The number of hydrogen-bond donors (Lipinski definition) is 2. The Morgan fingerprint density at radius 2 is 1.85 bits per heavy atom. The van der Waals surface area contributed by atoms with Gasteiger partial charge in [-0.1, -0.05) is 0 Å². The lowest BCUT2D eigenvalue weighted by Crippen LogP contribution is -2.43. The molecule has 0 radical (unpaired) electrons. The van der Waals surface area contributed by atoms with Crippen molar-refractivity contribution >= 4 is 5.69 Å². The first kappa shape index (κ1) is 3.17. The first-order valence-corrected chi connectivity index (χ1v) is 3.72. The second kappa shape index (κ2) is 3.66. The van der Waals surface area contributed by atoms with Crippen LogP contribution in [0.4, 0.5) is 5.69 Å². The molecule has 2 N–H and O–H groups in total. The van der Waals surface area contributed by atoms with Crippen LogP contribution in [0.2, 0.25) is 0 Å². The number of anilines is 1. The van der Waals surface area contributed by atoms with Crippen LogP contribution in [0.25, 0.3) is 0 Å². The van der Waals surface area contributed by atoms with Gasteiger partial charge in [0.25, 0.3) is 0 Å². The standard InChI is InChI=1S/C10H14N2O/c13-10-3-1-9(2-4-10)12-7-5-11-6-8-12/h1-4,11,13H,5-8H2/i5D2,6D2,7D2,8D2. The molecule has 0 atom stereocenters. The van der Waals surface area contributed by atoms with E-state index in [0.29, 0.717) is 4.90 Å². The minimum Gasteiger partial charge on any atom is -0.508 e. The molecule has 0 bridgehead atoms. The molecule has 1 aliphatic rings. The van der Waals surface area contributed by atoms with E-state index in [-0.39, 0.29) is 11.4 Å². The normalized spacial score (nSPS) is 42.0. The van der Waals surface area contributed by atoms with E-state index < -0.39 is 26.0 Å². The van der Waals surface area contributed by atoms with Gasteiger partial charge in [0.05, 0.1) is 5.48 Å². The zero-order valence-electron chi connectivity index (χ0n) is 14.7. The van der Waals surface area contributed by atoms with Crippen molar-refractivity contribution in [3.05, 3.63) is 24.3 Å². The third kappa shape index (κ3) is 1.92. The van der Waals surface area contributed by atoms with Gasteiger partial charge in [-0.3, -0.25) is 0 Å². The number of phenolic OH excluding ortho intramolecular Hbond substituents is 1. The van der Waals surface area contributed by atoms with Gasteiger partial charge in [-0.05, 0) is 24.3 Å². The molecule has 0 amide bonds. The zero-order chi connectivity index (χ0) is 16.3. The third-order valence-corrected chi connectivity index (χ3v) is 1.57. The highest BCUT2D eigenvalue weighted by Crippen LogP contribution is 2.18. The van der Waals surface area contributed by atoms with Crippen LogP contribution in [0.15, 0.2) is 24.3 Å². The molecule has 0 aromatic heterocycles. The highest BCUT2D eigenvalue weighted by molar-refractivity contribution is 5.49. The average Bonchev–Trinajstić information content (AvgIpc) is 2.28. The van der Waals surface area contributed by atoms with E-state index in [1.165, 1.54) is 24.3 Å². The number of phenols is 1. The summed E-state index contributed by atoms with van der Waals surface area (Å²) in [4.78, 5) is 0.413. The lowest BCUT2D eigenvalue weighted by Gasteiger charge is -2.29. The first-order chi connectivity index (χ1) is 9.33. The highest BCUT2D eigenvalue weighted by Gasteiger charge is 2.09. The number of nitrogens with zero attached hydrogens (tertiary/aromatic N) is 1. The van der Waals surface area contributed by atoms with E-state index in [1.54, 1.807) is 5.32 Å². The Balaban J connectivity index is 2.64. The van der Waals surface area contributed by atoms with E-state index in [0.717, 1.165) is 0 Å². The molecule has 0 unspecified atom stereocenters. The van der Waals surface area contributed by atoms with Crippen LogP contribution < -0.4 is 10.2 Å². The van der Waals surface area contributed by atoms with Crippen LogP contribution in [0.1, 0.15) is 11.0 Å². The highest BCUT2D eigenvalue weighted by atomic mass is 16.3. The molecule has 13 heavy (non-hydrogen) atoms. The molecule has 3 nitrogen and oxygen atoms in total. The Morgan fingerprint density at radius 1 is 1.23 bits per heavy atom. The lowest BCUT2D eigenvalue weighted by atomic mass is 10.2. The van der Waals surface area contributed by atoms with Gasteiger partial charge < -0.3 is 15.3 Å². The molecular formula is C10H14N2O. The van der Waals surface area contributed by atoms with Gasteiger partial charge in [0.1, 0.15) is 5.75 Å². The van der Waals surface area contributed by atoms with Gasteiger partial charge in [0.2, 0.25) is 0 Å². The minimum absolute atomic E-state index is 0.0861. The van der Waals surface area contributed by atoms with Crippen molar-refractivity contribution in [2.75, 3.05) is 30.9 Å². The summed E-state index contributed by atoms with van der Waals surface area (Å²) in [5.41, 5.74) is -0.0861. The van der Waals surface area contributed by atoms with Crippen LogP contribution in [0.5, 0.6) is 5.75 Å². The largest absolute Gasteiger partial charge is 0.508 e. The summed E-state index contributed by atoms with van der Waals surface area (Å²) < 4.78 is 62.2. The molecule has 1 aliphatic heterocycles. The fourth-order valence-electron chi connectivity index (χ4n) is 0.958. The molecule has 0 aliphatic carbocycles. The van der Waals surface area contributed by atoms with Crippen molar-refractivity contribution in [3.63, 3.8) is 0 Å². The predicted octanol–water partition coefficient (Wildman–Crippen LogP) is 0.802. The van der Waals surface area contributed by atoms with E-state index in [9.17, 15) is 5.11 Å². The smallest absolute Gasteiger partial charge is 0.115 e. The van der Waals surface area contributed by atoms with E-state index in [2.05, 4.69) is 0 Å². The molecule has 2 rings (SSSR count). The van der Waals surface area contributed by atoms with Gasteiger partial charge in [-0.25, -0.2) is 0 Å². The summed E-state index contributed by atoms with van der Waals surface area (Å²) in [7, 11) is 0. The lowest BCUT2D eigenvalue weighted by molar-refractivity contribution is 0.475. The molecule has 3 heteroatoms. The average molecular weight is 186 g/mol. The van der Waals surface area contributed by atoms with Gasteiger partial charge in [-0.15, -0.1) is 0 Å². The summed E-state index contributed by atoms with van der Waals surface area (Å²) in [6.45, 7) is -11.4. The Morgan fingerprint density at radius 3 is 2.46 bits per heavy atom. The number of nitrogens with one attached hydrogen (secondary N) is 1. The van der Waals surface area contributed by atoms with E-state index in [1.807, 2.05) is 0 Å². The van der Waals surface area contributed by atoms with Gasteiger partial charge in [-0.2, -0.15) is 0 Å². The molecule has 1 aromatic carbocycles. The van der Waals surface area contributed by atoms with Gasteiger partial charge in [0, 0.05) is 37.2 Å². The number of rotatable bonds is 1. The van der Waals surface area contributed by atoms with Crippen LogP contribution in [-0.2, 0) is 0 Å². The molecule has 1 heterocycles. The monoisotopic (exact) mass is 186 g/mol. The molecular weight excluding hydrogens is 164 g/mol. The summed E-state index contributed by atoms with van der Waals surface area (Å²) in [5.74, 6) is -0.124. The van der Waals surface area contributed by atoms with Crippen LogP contribution in [-0.4, -0.2) is 31.1 Å². The Labute approximate surface area is 89.2 Å². The van der Waals surface area contributed by atoms with Crippen LogP contribution in [0, 0.1) is 0 Å². The number of benzene rings is 1. The molecule has 1 saturated heterocycles. The molecule has 0 spiro atoms. The van der Waals surface area contributed by atoms with Gasteiger partial charge in [0.15, 0.2) is 0 Å². The molecule has 1 fully saturated rings. The fourth-order valence-corrected chi connectivity index (χ4v) is 0.958. The van der Waals surface area contributed by atoms with Crippen LogP contribution >= 0.6 is 0 Å². The number of piperazine rings is 1. The molecule has 0 saturated carbocycles. The molecule has 70 valence electrons. The second-order valence-corrected chi connectivity index (χ2v) is 2.45. The van der Waals surface area contributed by atoms with E-state index >= 15 is 0 Å². The quantitative estimate of drug-likeness (QED) is 0.681. The van der Waals surface area contributed by atoms with Crippen LogP contribution in [0.3, 0.4) is 0 Å². The summed E-state index contributed by atoms with van der Waals surface area (Å²) >= 11 is 0. The number of hydrogen-bond acceptors (Lipinski definition) is 3. The predicted molar refractivity (Wildman–Crippen MR) is 53.2 cm³/mol. The van der Waals surface area contributed by atoms with Crippen molar-refractivity contribution in [1.82, 2.24) is 5.32 Å². The number of aromatic hydroxyl groups is 1.